The molecule has 96 valence electrons. The van der Waals surface area contributed by atoms with Crippen LogP contribution in [0.15, 0.2) is 12.1 Å². The van der Waals surface area contributed by atoms with Gasteiger partial charge in [-0.2, -0.15) is 0 Å². The molecule has 0 saturated carbocycles. The fourth-order valence-electron chi connectivity index (χ4n) is 1.59. The highest BCUT2D eigenvalue weighted by molar-refractivity contribution is 6.30. The second-order valence-electron chi connectivity index (χ2n) is 3.88. The van der Waals surface area contributed by atoms with Gasteiger partial charge in [-0.3, -0.25) is 0 Å². The van der Waals surface area contributed by atoms with Gasteiger partial charge in [-0.05, 0) is 31.4 Å². The number of methoxy groups -OCH3 is 1. The Bertz CT molecular complexity index is 374. The van der Waals surface area contributed by atoms with Crippen LogP contribution in [0.2, 0.25) is 5.02 Å². The van der Waals surface area contributed by atoms with Gasteiger partial charge >= 0.3 is 0 Å². The van der Waals surface area contributed by atoms with Gasteiger partial charge in [0.15, 0.2) is 0 Å². The van der Waals surface area contributed by atoms with Gasteiger partial charge in [0.05, 0.1) is 5.02 Å². The van der Waals surface area contributed by atoms with E-state index in [0.29, 0.717) is 13.0 Å². The van der Waals surface area contributed by atoms with E-state index < -0.39 is 17.7 Å². The average molecular weight is 264 g/mol. The predicted octanol–water partition coefficient (Wildman–Crippen LogP) is 3.43. The minimum atomic E-state index is -0.643. The lowest BCUT2D eigenvalue weighted by Crippen LogP contribution is -2.13. The van der Waals surface area contributed by atoms with Crippen LogP contribution in [0.25, 0.3) is 0 Å². The van der Waals surface area contributed by atoms with E-state index in [1.807, 2.05) is 0 Å². The van der Waals surface area contributed by atoms with Gasteiger partial charge in [-0.25, -0.2) is 8.78 Å². The maximum Gasteiger partial charge on any atom is 0.142 e. The molecule has 0 saturated heterocycles. The van der Waals surface area contributed by atoms with Gasteiger partial charge in [0.1, 0.15) is 11.6 Å². The first-order valence-corrected chi connectivity index (χ1v) is 5.83. The Labute approximate surface area is 105 Å². The summed E-state index contributed by atoms with van der Waals surface area (Å²) >= 11 is 5.46. The lowest BCUT2D eigenvalue weighted by molar-refractivity contribution is 0.191. The maximum atomic E-state index is 13.5. The second-order valence-corrected chi connectivity index (χ2v) is 4.29. The van der Waals surface area contributed by atoms with Crippen LogP contribution in [0, 0.1) is 11.6 Å². The van der Waals surface area contributed by atoms with Crippen LogP contribution >= 0.6 is 11.6 Å². The van der Waals surface area contributed by atoms with Crippen molar-refractivity contribution in [2.24, 2.45) is 5.73 Å². The normalized spacial score (nSPS) is 12.8. The van der Waals surface area contributed by atoms with E-state index >= 15 is 0 Å². The topological polar surface area (TPSA) is 35.2 Å². The van der Waals surface area contributed by atoms with E-state index in [1.165, 1.54) is 0 Å². The molecule has 5 heteroatoms. The molecule has 1 aromatic rings. The molecule has 0 aliphatic rings. The van der Waals surface area contributed by atoms with E-state index in [2.05, 4.69) is 0 Å². The van der Waals surface area contributed by atoms with E-state index in [-0.39, 0.29) is 10.6 Å². The molecule has 0 heterocycles. The number of halogens is 3. The maximum absolute atomic E-state index is 13.5. The third-order valence-corrected chi connectivity index (χ3v) is 2.84. The summed E-state index contributed by atoms with van der Waals surface area (Å²) in [7, 11) is 1.62. The molecule has 0 aliphatic heterocycles. The van der Waals surface area contributed by atoms with Crippen molar-refractivity contribution in [2.75, 3.05) is 13.7 Å². The van der Waals surface area contributed by atoms with Crippen LogP contribution in [-0.2, 0) is 4.74 Å². The highest BCUT2D eigenvalue weighted by Gasteiger charge is 2.14. The quantitative estimate of drug-likeness (QED) is 0.630. The zero-order valence-corrected chi connectivity index (χ0v) is 10.4. The molecular formula is C12H16ClF2NO. The summed E-state index contributed by atoms with van der Waals surface area (Å²) in [6.07, 6.45) is 2.24. The summed E-state index contributed by atoms with van der Waals surface area (Å²) in [4.78, 5) is 0. The third kappa shape index (κ3) is 4.22. The summed E-state index contributed by atoms with van der Waals surface area (Å²) in [6.45, 7) is 0.643. The summed E-state index contributed by atoms with van der Waals surface area (Å²) < 4.78 is 31.6. The largest absolute Gasteiger partial charge is 0.385 e. The van der Waals surface area contributed by atoms with Gasteiger partial charge in [-0.15, -0.1) is 0 Å². The molecule has 2 nitrogen and oxygen atoms in total. The van der Waals surface area contributed by atoms with Crippen LogP contribution in [0.3, 0.4) is 0 Å². The third-order valence-electron chi connectivity index (χ3n) is 2.55. The number of unbranched alkanes of at least 4 members (excludes halogenated alkanes) is 1. The average Bonchev–Trinajstić information content (AvgIpc) is 2.29. The Kier molecular flexibility index (Phi) is 5.82. The van der Waals surface area contributed by atoms with E-state index in [0.717, 1.165) is 25.0 Å². The van der Waals surface area contributed by atoms with Gasteiger partial charge in [-0.1, -0.05) is 11.6 Å². The number of ether oxygens (including phenoxy) is 1. The Morgan fingerprint density at radius 1 is 1.29 bits per heavy atom. The molecule has 0 bridgehead atoms. The lowest BCUT2D eigenvalue weighted by atomic mass is 10.0. The molecule has 0 aromatic heterocycles. The SMILES string of the molecule is COCCCCC(N)c1cc(F)c(Cl)cc1F. The fraction of sp³-hybridized carbons (Fsp3) is 0.500. The number of hydrogen-bond acceptors (Lipinski definition) is 2. The van der Waals surface area contributed by atoms with Crippen molar-refractivity contribution in [3.8, 4) is 0 Å². The van der Waals surface area contributed by atoms with Crippen molar-refractivity contribution in [1.29, 1.82) is 0 Å². The Hall–Kier alpha value is -0.710. The van der Waals surface area contributed by atoms with Crippen molar-refractivity contribution in [1.82, 2.24) is 0 Å². The molecule has 0 fully saturated rings. The molecule has 1 unspecified atom stereocenters. The van der Waals surface area contributed by atoms with Crippen LogP contribution in [0.4, 0.5) is 8.78 Å². The first-order chi connectivity index (χ1) is 8.06. The highest BCUT2D eigenvalue weighted by atomic mass is 35.5. The number of rotatable bonds is 6. The van der Waals surface area contributed by atoms with Crippen LogP contribution in [0.1, 0.15) is 30.9 Å². The smallest absolute Gasteiger partial charge is 0.142 e. The molecule has 1 rings (SSSR count). The zero-order chi connectivity index (χ0) is 12.8. The van der Waals surface area contributed by atoms with Crippen LogP contribution in [-0.4, -0.2) is 13.7 Å². The fourth-order valence-corrected chi connectivity index (χ4v) is 1.74. The number of nitrogens with two attached hydrogens (primary N) is 1. The Morgan fingerprint density at radius 2 is 2.00 bits per heavy atom. The summed E-state index contributed by atoms with van der Waals surface area (Å²) in [5, 5.41) is -0.224. The first-order valence-electron chi connectivity index (χ1n) is 5.45. The monoisotopic (exact) mass is 263 g/mol. The Balaban J connectivity index is 2.62. The van der Waals surface area contributed by atoms with Gasteiger partial charge in [0, 0.05) is 25.3 Å². The van der Waals surface area contributed by atoms with E-state index in [1.54, 1.807) is 7.11 Å². The molecule has 1 aromatic carbocycles. The number of hydrogen-bond donors (Lipinski definition) is 1. The predicted molar refractivity (Wildman–Crippen MR) is 64.0 cm³/mol. The number of benzene rings is 1. The second kappa shape index (κ2) is 6.89. The standard InChI is InChI=1S/C12H16ClF2NO/c1-17-5-3-2-4-12(16)8-6-11(15)9(13)7-10(8)14/h6-7,12H,2-5,16H2,1H3. The molecule has 0 radical (unpaired) electrons. The zero-order valence-electron chi connectivity index (χ0n) is 9.68. The molecular weight excluding hydrogens is 248 g/mol. The van der Waals surface area contributed by atoms with Crippen molar-refractivity contribution in [2.45, 2.75) is 25.3 Å². The van der Waals surface area contributed by atoms with Gasteiger partial charge in [0.25, 0.3) is 0 Å². The minimum absolute atomic E-state index is 0.171. The molecule has 2 N–H and O–H groups in total. The van der Waals surface area contributed by atoms with Crippen molar-refractivity contribution in [3.63, 3.8) is 0 Å². The summed E-state index contributed by atoms with van der Waals surface area (Å²) in [6, 6.07) is 1.51. The molecule has 1 atom stereocenters. The lowest BCUT2D eigenvalue weighted by Gasteiger charge is -2.13. The molecule has 0 aliphatic carbocycles. The van der Waals surface area contributed by atoms with Crippen molar-refractivity contribution in [3.05, 3.63) is 34.4 Å². The molecule has 0 amide bonds. The first kappa shape index (κ1) is 14.4. The molecule has 17 heavy (non-hydrogen) atoms. The molecule has 0 spiro atoms. The van der Waals surface area contributed by atoms with E-state index in [9.17, 15) is 8.78 Å². The minimum Gasteiger partial charge on any atom is -0.385 e. The van der Waals surface area contributed by atoms with Gasteiger partial charge < -0.3 is 10.5 Å². The Morgan fingerprint density at radius 3 is 2.65 bits per heavy atom. The summed E-state index contributed by atoms with van der Waals surface area (Å²) in [5.74, 6) is -1.20. The van der Waals surface area contributed by atoms with Crippen molar-refractivity contribution >= 4 is 11.6 Å². The summed E-state index contributed by atoms with van der Waals surface area (Å²) in [5.41, 5.74) is 5.98. The van der Waals surface area contributed by atoms with Crippen LogP contribution in [0.5, 0.6) is 0 Å². The van der Waals surface area contributed by atoms with Crippen LogP contribution < -0.4 is 5.73 Å². The van der Waals surface area contributed by atoms with Gasteiger partial charge in [0.2, 0.25) is 0 Å². The highest BCUT2D eigenvalue weighted by Crippen LogP contribution is 2.25. The van der Waals surface area contributed by atoms with Crippen molar-refractivity contribution < 1.29 is 13.5 Å². The van der Waals surface area contributed by atoms with E-state index in [4.69, 9.17) is 22.1 Å².